The summed E-state index contributed by atoms with van der Waals surface area (Å²) in [5.41, 5.74) is 0. The molecule has 0 aromatic rings. The Hall–Kier alpha value is -0.610. The van der Waals surface area contributed by atoms with Gasteiger partial charge >= 0.3 is 0 Å². The predicted octanol–water partition coefficient (Wildman–Crippen LogP) is 1.42. The highest BCUT2D eigenvalue weighted by Gasteiger charge is 2.27. The highest BCUT2D eigenvalue weighted by atomic mass is 16.2. The molecule has 0 aromatic carbocycles. The summed E-state index contributed by atoms with van der Waals surface area (Å²) in [6, 6.07) is 0. The molecule has 2 aliphatic heterocycles. The van der Waals surface area contributed by atoms with Gasteiger partial charge in [-0.15, -0.1) is 0 Å². The van der Waals surface area contributed by atoms with Crippen molar-refractivity contribution in [1.29, 1.82) is 0 Å². The van der Waals surface area contributed by atoms with Gasteiger partial charge in [0.05, 0.1) is 6.54 Å². The SMILES string of the molecule is CNCC1CCN(CC(=O)N2CC(C)CC(C)C2)CC1. The molecule has 4 nitrogen and oxygen atoms in total. The summed E-state index contributed by atoms with van der Waals surface area (Å²) in [6.07, 6.45) is 3.71. The van der Waals surface area contributed by atoms with Gasteiger partial charge in [0.1, 0.15) is 0 Å². The molecular formula is C16H31N3O. The molecule has 0 saturated carbocycles. The molecule has 4 heteroatoms. The topological polar surface area (TPSA) is 35.6 Å². The molecule has 2 saturated heterocycles. The Bertz CT molecular complexity index is 303. The molecule has 0 spiro atoms. The van der Waals surface area contributed by atoms with E-state index < -0.39 is 0 Å². The van der Waals surface area contributed by atoms with Crippen molar-refractivity contribution >= 4 is 5.91 Å². The van der Waals surface area contributed by atoms with Crippen molar-refractivity contribution in [2.24, 2.45) is 17.8 Å². The number of likely N-dealkylation sites (tertiary alicyclic amines) is 2. The van der Waals surface area contributed by atoms with E-state index in [1.807, 2.05) is 7.05 Å². The average Bonchev–Trinajstić information content (AvgIpc) is 2.40. The highest BCUT2D eigenvalue weighted by Crippen LogP contribution is 2.22. The standard InChI is InChI=1S/C16H31N3O/c1-13-8-14(2)11-19(10-13)16(20)12-18-6-4-15(5-7-18)9-17-3/h13-15,17H,4-12H2,1-3H3. The number of rotatable bonds is 4. The largest absolute Gasteiger partial charge is 0.341 e. The third-order valence-corrected chi connectivity index (χ3v) is 4.78. The molecule has 2 fully saturated rings. The van der Waals surface area contributed by atoms with Gasteiger partial charge in [-0.2, -0.15) is 0 Å². The van der Waals surface area contributed by atoms with Crippen LogP contribution >= 0.6 is 0 Å². The van der Waals surface area contributed by atoms with Gasteiger partial charge in [-0.1, -0.05) is 13.8 Å². The molecule has 1 amide bonds. The van der Waals surface area contributed by atoms with Crippen LogP contribution in [0.1, 0.15) is 33.1 Å². The molecule has 2 rings (SSSR count). The summed E-state index contributed by atoms with van der Waals surface area (Å²) in [4.78, 5) is 16.9. The molecule has 20 heavy (non-hydrogen) atoms. The van der Waals surface area contributed by atoms with E-state index in [0.29, 0.717) is 24.3 Å². The summed E-state index contributed by atoms with van der Waals surface area (Å²) < 4.78 is 0. The molecule has 2 unspecified atom stereocenters. The summed E-state index contributed by atoms with van der Waals surface area (Å²) in [6.45, 7) is 10.3. The molecule has 2 heterocycles. The second-order valence-corrected chi connectivity index (χ2v) is 7.02. The molecule has 1 N–H and O–H groups in total. The van der Waals surface area contributed by atoms with Crippen molar-refractivity contribution in [2.75, 3.05) is 46.3 Å². The van der Waals surface area contributed by atoms with Crippen LogP contribution in [-0.2, 0) is 4.79 Å². The minimum Gasteiger partial charge on any atom is -0.341 e. The van der Waals surface area contributed by atoms with Crippen molar-refractivity contribution in [3.63, 3.8) is 0 Å². The van der Waals surface area contributed by atoms with E-state index in [4.69, 9.17) is 0 Å². The lowest BCUT2D eigenvalue weighted by Gasteiger charge is -2.37. The number of nitrogens with one attached hydrogen (secondary N) is 1. The zero-order valence-electron chi connectivity index (χ0n) is 13.4. The Kier molecular flexibility index (Phi) is 5.85. The molecule has 2 atom stereocenters. The van der Waals surface area contributed by atoms with Gasteiger partial charge in [0.15, 0.2) is 0 Å². The molecule has 0 aromatic heterocycles. The third kappa shape index (κ3) is 4.45. The fourth-order valence-electron chi connectivity index (χ4n) is 3.80. The predicted molar refractivity (Wildman–Crippen MR) is 82.6 cm³/mol. The van der Waals surface area contributed by atoms with E-state index in [0.717, 1.165) is 38.6 Å². The van der Waals surface area contributed by atoms with Gasteiger partial charge in [0, 0.05) is 13.1 Å². The number of nitrogens with zero attached hydrogens (tertiary/aromatic N) is 2. The Labute approximate surface area is 123 Å². The zero-order valence-corrected chi connectivity index (χ0v) is 13.4. The van der Waals surface area contributed by atoms with Crippen LogP contribution in [0.25, 0.3) is 0 Å². The zero-order chi connectivity index (χ0) is 14.5. The van der Waals surface area contributed by atoms with Crippen LogP contribution in [0.4, 0.5) is 0 Å². The maximum atomic E-state index is 12.4. The fraction of sp³-hybridized carbons (Fsp3) is 0.938. The third-order valence-electron chi connectivity index (χ3n) is 4.78. The van der Waals surface area contributed by atoms with Crippen LogP contribution in [0.5, 0.6) is 0 Å². The van der Waals surface area contributed by atoms with Gasteiger partial charge in [0.2, 0.25) is 5.91 Å². The van der Waals surface area contributed by atoms with E-state index >= 15 is 0 Å². The monoisotopic (exact) mass is 281 g/mol. The number of hydrogen-bond acceptors (Lipinski definition) is 3. The van der Waals surface area contributed by atoms with Gasteiger partial charge in [-0.05, 0) is 63.7 Å². The Balaban J connectivity index is 1.75. The first kappa shape index (κ1) is 15.8. The molecular weight excluding hydrogens is 250 g/mol. The maximum Gasteiger partial charge on any atom is 0.236 e. The van der Waals surface area contributed by atoms with Crippen molar-refractivity contribution in [1.82, 2.24) is 15.1 Å². The lowest BCUT2D eigenvalue weighted by molar-refractivity contribution is -0.135. The van der Waals surface area contributed by atoms with Gasteiger partial charge < -0.3 is 10.2 Å². The van der Waals surface area contributed by atoms with E-state index in [1.165, 1.54) is 19.3 Å². The highest BCUT2D eigenvalue weighted by molar-refractivity contribution is 5.78. The van der Waals surface area contributed by atoms with Crippen molar-refractivity contribution in [3.05, 3.63) is 0 Å². The molecule has 0 radical (unpaired) electrons. The summed E-state index contributed by atoms with van der Waals surface area (Å²) in [5.74, 6) is 2.45. The first-order valence-electron chi connectivity index (χ1n) is 8.23. The summed E-state index contributed by atoms with van der Waals surface area (Å²) in [5, 5.41) is 3.26. The van der Waals surface area contributed by atoms with Crippen LogP contribution in [-0.4, -0.2) is 62.0 Å². The van der Waals surface area contributed by atoms with Crippen LogP contribution in [0.3, 0.4) is 0 Å². The Morgan fingerprint density at radius 3 is 2.30 bits per heavy atom. The molecule has 2 aliphatic rings. The van der Waals surface area contributed by atoms with Crippen LogP contribution in [0.2, 0.25) is 0 Å². The Morgan fingerprint density at radius 2 is 1.75 bits per heavy atom. The fourth-order valence-corrected chi connectivity index (χ4v) is 3.80. The van der Waals surface area contributed by atoms with Crippen LogP contribution in [0.15, 0.2) is 0 Å². The van der Waals surface area contributed by atoms with Gasteiger partial charge in [-0.25, -0.2) is 0 Å². The van der Waals surface area contributed by atoms with E-state index in [1.54, 1.807) is 0 Å². The lowest BCUT2D eigenvalue weighted by Crippen LogP contribution is -2.48. The quantitative estimate of drug-likeness (QED) is 0.846. The van der Waals surface area contributed by atoms with Crippen LogP contribution < -0.4 is 5.32 Å². The summed E-state index contributed by atoms with van der Waals surface area (Å²) in [7, 11) is 2.02. The average molecular weight is 281 g/mol. The second kappa shape index (κ2) is 7.41. The number of amides is 1. The number of carbonyl (C=O) groups excluding carboxylic acids is 1. The van der Waals surface area contributed by atoms with E-state index in [-0.39, 0.29) is 0 Å². The first-order valence-corrected chi connectivity index (χ1v) is 8.23. The molecule has 0 bridgehead atoms. The van der Waals surface area contributed by atoms with Gasteiger partial charge in [0.25, 0.3) is 0 Å². The molecule has 116 valence electrons. The smallest absolute Gasteiger partial charge is 0.236 e. The van der Waals surface area contributed by atoms with Crippen LogP contribution in [0, 0.1) is 17.8 Å². The Morgan fingerprint density at radius 1 is 1.15 bits per heavy atom. The van der Waals surface area contributed by atoms with Crippen molar-refractivity contribution < 1.29 is 4.79 Å². The maximum absolute atomic E-state index is 12.4. The minimum atomic E-state index is 0.343. The van der Waals surface area contributed by atoms with E-state index in [9.17, 15) is 4.79 Å². The van der Waals surface area contributed by atoms with Gasteiger partial charge in [-0.3, -0.25) is 9.69 Å². The molecule has 0 aliphatic carbocycles. The van der Waals surface area contributed by atoms with E-state index in [2.05, 4.69) is 29.0 Å². The number of carbonyl (C=O) groups is 1. The number of hydrogen-bond donors (Lipinski definition) is 1. The minimum absolute atomic E-state index is 0.343. The first-order chi connectivity index (χ1) is 9.58. The lowest BCUT2D eigenvalue weighted by atomic mass is 9.92. The summed E-state index contributed by atoms with van der Waals surface area (Å²) >= 11 is 0. The number of piperidine rings is 2. The normalized spacial score (nSPS) is 29.6. The van der Waals surface area contributed by atoms with Crippen molar-refractivity contribution in [3.8, 4) is 0 Å². The second-order valence-electron chi connectivity index (χ2n) is 7.02. The van der Waals surface area contributed by atoms with Crippen molar-refractivity contribution in [2.45, 2.75) is 33.1 Å².